The van der Waals surface area contributed by atoms with Gasteiger partial charge in [-0.1, -0.05) is 0 Å². The predicted molar refractivity (Wildman–Crippen MR) is 129 cm³/mol. The predicted octanol–water partition coefficient (Wildman–Crippen LogP) is 3.58. The molecule has 0 aliphatic carbocycles. The third kappa shape index (κ3) is 5.49. The van der Waals surface area contributed by atoms with Crippen molar-refractivity contribution in [3.8, 4) is 5.69 Å². The Morgan fingerprint density at radius 3 is 2.29 bits per heavy atom. The molecule has 1 aliphatic rings. The van der Waals surface area contributed by atoms with E-state index in [1.165, 1.54) is 10.2 Å². The molecule has 2 atom stereocenters. The summed E-state index contributed by atoms with van der Waals surface area (Å²) in [5.41, 5.74) is -6.22. The Bertz CT molecular complexity index is 1590. The van der Waals surface area contributed by atoms with E-state index in [9.17, 15) is 54.9 Å². The molecule has 3 aromatic rings. The van der Waals surface area contributed by atoms with E-state index >= 15 is 4.39 Å². The number of nitrogens with zero attached hydrogens (tertiary/aromatic N) is 3. The molecule has 0 saturated carbocycles. The number of aliphatic hydroxyl groups excluding tert-OH is 1. The maximum absolute atomic E-state index is 15.3. The number of halogens is 9. The standard InChI is InChI=1S/C25H21F9N4O4/c1-11(24(30,31)25(32,33)34)35-22(41)14-8-38(18-15(27)5-12(26)6-16(18)28)20-13(19(14)40)7-17(29)21(36-20)37-4-2-3-23(42,9-37)10-39/h5-8,11,39,42H,2-4,9-10H2,1H3,(H,35,41). The topological polar surface area (TPSA) is 108 Å². The molecule has 2 aromatic heterocycles. The number of alkyl halides is 5. The summed E-state index contributed by atoms with van der Waals surface area (Å²) in [4.78, 5) is 31.1. The van der Waals surface area contributed by atoms with E-state index in [2.05, 4.69) is 4.98 Å². The van der Waals surface area contributed by atoms with Gasteiger partial charge in [-0.05, 0) is 25.8 Å². The molecule has 1 fully saturated rings. The van der Waals surface area contributed by atoms with Crippen molar-refractivity contribution in [3.05, 3.63) is 63.5 Å². The van der Waals surface area contributed by atoms with Crippen LogP contribution < -0.4 is 15.6 Å². The van der Waals surface area contributed by atoms with E-state index in [-0.39, 0.29) is 38.1 Å². The number of rotatable bonds is 6. The summed E-state index contributed by atoms with van der Waals surface area (Å²) in [5, 5.41) is 20.4. The summed E-state index contributed by atoms with van der Waals surface area (Å²) in [6.45, 7) is -0.690. The van der Waals surface area contributed by atoms with E-state index in [0.29, 0.717) is 23.8 Å². The summed E-state index contributed by atoms with van der Waals surface area (Å²) >= 11 is 0. The number of β-amino-alcohol motifs (C(OH)–C–C–N with tert-alkyl or cyclic N) is 1. The number of carbonyl (C=O) groups excluding carboxylic acids is 1. The molecule has 42 heavy (non-hydrogen) atoms. The van der Waals surface area contributed by atoms with Gasteiger partial charge in [-0.3, -0.25) is 14.2 Å². The first-order chi connectivity index (χ1) is 19.4. The minimum atomic E-state index is -6.09. The molecule has 1 amide bonds. The highest BCUT2D eigenvalue weighted by molar-refractivity contribution is 5.97. The third-order valence-electron chi connectivity index (χ3n) is 6.80. The number of benzene rings is 1. The number of aromatic nitrogens is 2. The van der Waals surface area contributed by atoms with Crippen molar-refractivity contribution in [1.29, 1.82) is 0 Å². The van der Waals surface area contributed by atoms with Gasteiger partial charge in [-0.25, -0.2) is 22.5 Å². The number of carbonyl (C=O) groups is 1. The van der Waals surface area contributed by atoms with Gasteiger partial charge < -0.3 is 20.4 Å². The molecule has 3 heterocycles. The fourth-order valence-electron chi connectivity index (χ4n) is 4.57. The fourth-order valence-corrected chi connectivity index (χ4v) is 4.57. The SMILES string of the molecule is CC(NC(=O)c1cn(-c2c(F)cc(F)cc2F)c2nc(N3CCCC(O)(CO)C3)c(F)cc2c1=O)C(F)(F)C(F)(F)F. The summed E-state index contributed by atoms with van der Waals surface area (Å²) in [6, 6.07) is -2.00. The van der Waals surface area contributed by atoms with Gasteiger partial charge in [-0.15, -0.1) is 0 Å². The van der Waals surface area contributed by atoms with Crippen LogP contribution in [-0.4, -0.2) is 69.1 Å². The van der Waals surface area contributed by atoms with Crippen LogP contribution in [0.2, 0.25) is 0 Å². The van der Waals surface area contributed by atoms with Gasteiger partial charge in [0, 0.05) is 24.9 Å². The van der Waals surface area contributed by atoms with E-state index in [0.717, 1.165) is 0 Å². The average molecular weight is 612 g/mol. The number of hydrogen-bond acceptors (Lipinski definition) is 6. The largest absolute Gasteiger partial charge is 0.455 e. The van der Waals surface area contributed by atoms with Crippen molar-refractivity contribution in [2.45, 2.75) is 43.5 Å². The molecule has 8 nitrogen and oxygen atoms in total. The summed E-state index contributed by atoms with van der Waals surface area (Å²) in [5.74, 6) is -13.7. The quantitative estimate of drug-likeness (QED) is 0.368. The van der Waals surface area contributed by atoms with Gasteiger partial charge in [0.15, 0.2) is 28.9 Å². The third-order valence-corrected chi connectivity index (χ3v) is 6.80. The second kappa shape index (κ2) is 10.8. The number of amides is 1. The first kappa shape index (κ1) is 31.1. The molecule has 0 spiro atoms. The van der Waals surface area contributed by atoms with Gasteiger partial charge >= 0.3 is 12.1 Å². The molecule has 1 aromatic carbocycles. The molecule has 0 bridgehead atoms. The molecular formula is C25H21F9N4O4. The van der Waals surface area contributed by atoms with Crippen molar-refractivity contribution in [3.63, 3.8) is 0 Å². The monoisotopic (exact) mass is 612 g/mol. The Morgan fingerprint density at radius 2 is 1.71 bits per heavy atom. The summed E-state index contributed by atoms with van der Waals surface area (Å²) in [7, 11) is 0. The van der Waals surface area contributed by atoms with Gasteiger partial charge in [-0.2, -0.15) is 22.0 Å². The van der Waals surface area contributed by atoms with Crippen LogP contribution in [0.25, 0.3) is 16.7 Å². The highest BCUT2D eigenvalue weighted by Crippen LogP contribution is 2.38. The van der Waals surface area contributed by atoms with E-state index in [1.807, 2.05) is 0 Å². The second-order valence-corrected chi connectivity index (χ2v) is 9.85. The average Bonchev–Trinajstić information content (AvgIpc) is 2.88. The zero-order valence-corrected chi connectivity index (χ0v) is 21.4. The molecule has 17 heteroatoms. The molecule has 2 unspecified atom stereocenters. The first-order valence-corrected chi connectivity index (χ1v) is 12.1. The minimum Gasteiger partial charge on any atom is -0.393 e. The summed E-state index contributed by atoms with van der Waals surface area (Å²) < 4.78 is 125. The van der Waals surface area contributed by atoms with Crippen LogP contribution in [0.4, 0.5) is 45.3 Å². The molecular weight excluding hydrogens is 591 g/mol. The molecule has 0 radical (unpaired) electrons. The van der Waals surface area contributed by atoms with E-state index in [4.69, 9.17) is 0 Å². The maximum atomic E-state index is 15.3. The van der Waals surface area contributed by atoms with Crippen LogP contribution in [0.15, 0.2) is 29.2 Å². The molecule has 1 aliphatic heterocycles. The molecule has 228 valence electrons. The summed E-state index contributed by atoms with van der Waals surface area (Å²) in [6.07, 6.45) is -5.34. The smallest absolute Gasteiger partial charge is 0.393 e. The van der Waals surface area contributed by atoms with Gasteiger partial charge in [0.25, 0.3) is 5.91 Å². The highest BCUT2D eigenvalue weighted by Gasteiger charge is 2.61. The Balaban J connectivity index is 1.95. The van der Waals surface area contributed by atoms with Crippen LogP contribution in [0, 0.1) is 23.3 Å². The lowest BCUT2D eigenvalue weighted by Crippen LogP contribution is -2.54. The molecule has 3 N–H and O–H groups in total. The Morgan fingerprint density at radius 1 is 1.10 bits per heavy atom. The first-order valence-electron chi connectivity index (χ1n) is 12.1. The fraction of sp³-hybridized carbons (Fsp3) is 0.400. The minimum absolute atomic E-state index is 0.0764. The number of anilines is 1. The number of piperidine rings is 1. The van der Waals surface area contributed by atoms with Crippen molar-refractivity contribution >= 4 is 22.8 Å². The van der Waals surface area contributed by atoms with Crippen LogP contribution in [-0.2, 0) is 0 Å². The Labute approximate surface area is 230 Å². The van der Waals surface area contributed by atoms with Gasteiger partial charge in [0.2, 0.25) is 5.43 Å². The van der Waals surface area contributed by atoms with E-state index in [1.54, 1.807) is 0 Å². The van der Waals surface area contributed by atoms with Gasteiger partial charge in [0.1, 0.15) is 22.7 Å². The zero-order valence-electron chi connectivity index (χ0n) is 21.4. The van der Waals surface area contributed by atoms with Crippen molar-refractivity contribution in [2.24, 2.45) is 0 Å². The van der Waals surface area contributed by atoms with Crippen LogP contribution in [0.3, 0.4) is 0 Å². The second-order valence-electron chi connectivity index (χ2n) is 9.85. The Kier molecular flexibility index (Phi) is 7.96. The van der Waals surface area contributed by atoms with Crippen molar-refractivity contribution < 1.29 is 54.5 Å². The number of nitrogens with one attached hydrogen (secondary N) is 1. The lowest BCUT2D eigenvalue weighted by Gasteiger charge is -2.38. The van der Waals surface area contributed by atoms with Gasteiger partial charge in [0.05, 0.1) is 24.6 Å². The number of pyridine rings is 2. The number of hydrogen-bond donors (Lipinski definition) is 3. The van der Waals surface area contributed by atoms with Crippen LogP contribution >= 0.6 is 0 Å². The zero-order chi connectivity index (χ0) is 31.4. The number of aliphatic hydroxyl groups is 2. The molecule has 4 rings (SSSR count). The normalized spacial score (nSPS) is 18.8. The van der Waals surface area contributed by atoms with Crippen molar-refractivity contribution in [1.82, 2.24) is 14.9 Å². The number of fused-ring (bicyclic) bond motifs is 1. The van der Waals surface area contributed by atoms with E-state index < -0.39 is 93.1 Å². The van der Waals surface area contributed by atoms with Crippen molar-refractivity contribution in [2.75, 3.05) is 24.6 Å². The lowest BCUT2D eigenvalue weighted by atomic mass is 9.94. The molecule has 1 saturated heterocycles. The maximum Gasteiger partial charge on any atom is 0.455 e. The van der Waals surface area contributed by atoms with Crippen LogP contribution in [0.1, 0.15) is 30.1 Å². The Hall–Kier alpha value is -3.86. The lowest BCUT2D eigenvalue weighted by molar-refractivity contribution is -0.290. The highest BCUT2D eigenvalue weighted by atomic mass is 19.4. The van der Waals surface area contributed by atoms with Crippen LogP contribution in [0.5, 0.6) is 0 Å².